The van der Waals surface area contributed by atoms with Crippen molar-refractivity contribution in [3.8, 4) is 0 Å². The van der Waals surface area contributed by atoms with Gasteiger partial charge in [-0.2, -0.15) is 0 Å². The first kappa shape index (κ1) is 19.1. The van der Waals surface area contributed by atoms with E-state index in [4.69, 9.17) is 4.98 Å². The van der Waals surface area contributed by atoms with Gasteiger partial charge >= 0.3 is 0 Å². The largest absolute Gasteiger partial charge is 0.315 e. The Balaban J connectivity index is 1.20. The molecule has 0 atom stereocenters. The zero-order valence-corrected chi connectivity index (χ0v) is 17.8. The van der Waals surface area contributed by atoms with E-state index in [2.05, 4.69) is 49.4 Å². The van der Waals surface area contributed by atoms with Crippen molar-refractivity contribution in [2.75, 3.05) is 18.4 Å². The van der Waals surface area contributed by atoms with E-state index in [9.17, 15) is 0 Å². The van der Waals surface area contributed by atoms with Crippen molar-refractivity contribution in [2.45, 2.75) is 32.2 Å². The molecular weight excluding hydrogens is 392 g/mol. The van der Waals surface area contributed by atoms with E-state index in [0.29, 0.717) is 5.92 Å². The topological polar surface area (TPSA) is 66.8 Å². The van der Waals surface area contributed by atoms with E-state index in [1.54, 1.807) is 17.5 Å². The van der Waals surface area contributed by atoms with Crippen LogP contribution in [0.2, 0.25) is 0 Å². The van der Waals surface area contributed by atoms with Crippen LogP contribution in [0.1, 0.15) is 35.7 Å². The number of thiazole rings is 1. The molecule has 0 spiro atoms. The molecule has 0 bridgehead atoms. The molecule has 0 unspecified atom stereocenters. The molecule has 1 saturated heterocycles. The van der Waals surface area contributed by atoms with Crippen LogP contribution in [0.15, 0.2) is 54.3 Å². The highest BCUT2D eigenvalue weighted by Gasteiger charge is 2.22. The van der Waals surface area contributed by atoms with Crippen molar-refractivity contribution in [3.63, 3.8) is 0 Å². The van der Waals surface area contributed by atoms with Gasteiger partial charge in [0.05, 0.1) is 23.1 Å². The summed E-state index contributed by atoms with van der Waals surface area (Å²) in [5, 5.41) is 7.38. The minimum absolute atomic E-state index is 0.453. The molecule has 0 amide bonds. The van der Waals surface area contributed by atoms with Crippen LogP contribution in [0.3, 0.4) is 0 Å². The zero-order valence-electron chi connectivity index (χ0n) is 17.0. The van der Waals surface area contributed by atoms with Gasteiger partial charge < -0.3 is 5.32 Å². The first-order valence-corrected chi connectivity index (χ1v) is 11.2. The van der Waals surface area contributed by atoms with Crippen LogP contribution < -0.4 is 5.32 Å². The Bertz CT molecular complexity index is 1150. The molecule has 7 heteroatoms. The molecule has 4 heterocycles. The van der Waals surface area contributed by atoms with Crippen molar-refractivity contribution in [2.24, 2.45) is 0 Å². The molecule has 1 aliphatic rings. The number of fused-ring (bicyclic) bond motifs is 1. The number of nitrogens with zero attached hydrogens (tertiary/aromatic N) is 5. The molecule has 0 radical (unpaired) electrons. The molecule has 6 nitrogen and oxygen atoms in total. The first-order valence-electron chi connectivity index (χ1n) is 10.3. The molecule has 0 saturated carbocycles. The molecule has 0 aliphatic carbocycles. The molecule has 1 fully saturated rings. The average molecular weight is 417 g/mol. The van der Waals surface area contributed by atoms with Gasteiger partial charge in [-0.1, -0.05) is 12.1 Å². The summed E-state index contributed by atoms with van der Waals surface area (Å²) in [6.45, 7) is 5.11. The summed E-state index contributed by atoms with van der Waals surface area (Å²) in [7, 11) is 0. The van der Waals surface area contributed by atoms with Gasteiger partial charge in [0.15, 0.2) is 10.9 Å². The highest BCUT2D eigenvalue weighted by molar-refractivity contribution is 7.13. The van der Waals surface area contributed by atoms with Crippen molar-refractivity contribution < 1.29 is 0 Å². The Morgan fingerprint density at radius 1 is 1.13 bits per heavy atom. The Kier molecular flexibility index (Phi) is 5.38. The van der Waals surface area contributed by atoms with Gasteiger partial charge in [0.1, 0.15) is 0 Å². The molecule has 1 aliphatic heterocycles. The number of nitrogens with one attached hydrogen (secondary N) is 1. The fraction of sp³-hybridized carbons (Fsp3) is 0.304. The van der Waals surface area contributed by atoms with Crippen LogP contribution >= 0.6 is 11.3 Å². The standard InChI is InChI=1S/C23H24N6S/c1-16-15-30-23(26-16)28-22-13-24-12-21(27-22)18-6-9-29(10-7-18)14-17-4-5-20-19(11-17)3-2-8-25-20/h2-5,8,11-13,15,18H,6-7,9-10,14H2,1H3,(H,26,27,28). The van der Waals surface area contributed by atoms with Crippen molar-refractivity contribution in [1.82, 2.24) is 24.8 Å². The normalized spacial score (nSPS) is 15.5. The maximum atomic E-state index is 4.81. The van der Waals surface area contributed by atoms with E-state index in [0.717, 1.165) is 60.3 Å². The second-order valence-corrected chi connectivity index (χ2v) is 8.69. The average Bonchev–Trinajstić information content (AvgIpc) is 3.19. The van der Waals surface area contributed by atoms with Crippen LogP contribution in [-0.2, 0) is 6.54 Å². The second kappa shape index (κ2) is 8.45. The third-order valence-corrected chi connectivity index (χ3v) is 6.46. The maximum Gasteiger partial charge on any atom is 0.188 e. The van der Waals surface area contributed by atoms with E-state index in [1.165, 1.54) is 10.9 Å². The van der Waals surface area contributed by atoms with E-state index < -0.39 is 0 Å². The fourth-order valence-corrected chi connectivity index (χ4v) is 4.72. The Morgan fingerprint density at radius 2 is 2.03 bits per heavy atom. The van der Waals surface area contributed by atoms with Crippen LogP contribution in [0.5, 0.6) is 0 Å². The summed E-state index contributed by atoms with van der Waals surface area (Å²) in [5.74, 6) is 1.23. The van der Waals surface area contributed by atoms with E-state index in [-0.39, 0.29) is 0 Å². The lowest BCUT2D eigenvalue weighted by Gasteiger charge is -2.31. The highest BCUT2D eigenvalue weighted by atomic mass is 32.1. The predicted octanol–water partition coefficient (Wildman–Crippen LogP) is 4.91. The van der Waals surface area contributed by atoms with Gasteiger partial charge in [-0.3, -0.25) is 14.9 Å². The van der Waals surface area contributed by atoms with Gasteiger partial charge in [0, 0.05) is 35.6 Å². The lowest BCUT2D eigenvalue weighted by molar-refractivity contribution is 0.203. The number of rotatable bonds is 5. The first-order chi connectivity index (χ1) is 14.7. The number of piperidine rings is 1. The van der Waals surface area contributed by atoms with Gasteiger partial charge in [0.25, 0.3) is 0 Å². The summed E-state index contributed by atoms with van der Waals surface area (Å²) < 4.78 is 0. The van der Waals surface area contributed by atoms with E-state index >= 15 is 0 Å². The Morgan fingerprint density at radius 3 is 2.87 bits per heavy atom. The summed E-state index contributed by atoms with van der Waals surface area (Å²) >= 11 is 1.59. The third-order valence-electron chi connectivity index (χ3n) is 5.59. The van der Waals surface area contributed by atoms with Crippen LogP contribution in [0.4, 0.5) is 10.9 Å². The molecule has 1 N–H and O–H groups in total. The van der Waals surface area contributed by atoms with Crippen LogP contribution in [0.25, 0.3) is 10.9 Å². The van der Waals surface area contributed by atoms with Gasteiger partial charge in [-0.25, -0.2) is 9.97 Å². The number of aromatic nitrogens is 4. The molecule has 30 heavy (non-hydrogen) atoms. The third kappa shape index (κ3) is 4.32. The van der Waals surface area contributed by atoms with Gasteiger partial charge in [-0.15, -0.1) is 11.3 Å². The molecular formula is C23H24N6S. The highest BCUT2D eigenvalue weighted by Crippen LogP contribution is 2.29. The molecule has 3 aromatic heterocycles. The monoisotopic (exact) mass is 416 g/mol. The van der Waals surface area contributed by atoms with Crippen molar-refractivity contribution in [3.05, 3.63) is 71.3 Å². The fourth-order valence-electron chi connectivity index (χ4n) is 4.03. The lowest BCUT2D eigenvalue weighted by Crippen LogP contribution is -2.32. The number of hydrogen-bond donors (Lipinski definition) is 1. The summed E-state index contributed by atoms with van der Waals surface area (Å²) in [6.07, 6.45) is 7.73. The van der Waals surface area contributed by atoms with Gasteiger partial charge in [-0.05, 0) is 56.6 Å². The number of pyridine rings is 1. The quantitative estimate of drug-likeness (QED) is 0.498. The van der Waals surface area contributed by atoms with Crippen LogP contribution in [0, 0.1) is 6.92 Å². The van der Waals surface area contributed by atoms with Gasteiger partial charge in [0.2, 0.25) is 0 Å². The molecule has 4 aromatic rings. The number of anilines is 2. The number of hydrogen-bond acceptors (Lipinski definition) is 7. The SMILES string of the molecule is Cc1csc(Nc2cncc(C3CCN(Cc4ccc5ncccc5c4)CC3)n2)n1. The van der Waals surface area contributed by atoms with Crippen LogP contribution in [-0.4, -0.2) is 37.9 Å². The van der Waals surface area contributed by atoms with Crippen molar-refractivity contribution in [1.29, 1.82) is 0 Å². The molecule has 5 rings (SSSR count). The zero-order chi connectivity index (χ0) is 20.3. The molecule has 1 aromatic carbocycles. The smallest absolute Gasteiger partial charge is 0.188 e. The molecule has 152 valence electrons. The summed E-state index contributed by atoms with van der Waals surface area (Å²) in [6, 6.07) is 10.7. The number of benzene rings is 1. The summed E-state index contributed by atoms with van der Waals surface area (Å²) in [4.78, 5) is 20.6. The number of aryl methyl sites for hydroxylation is 1. The van der Waals surface area contributed by atoms with Crippen molar-refractivity contribution >= 4 is 33.2 Å². The predicted molar refractivity (Wildman–Crippen MR) is 121 cm³/mol. The Hall–Kier alpha value is -2.90. The minimum atomic E-state index is 0.453. The second-order valence-electron chi connectivity index (χ2n) is 7.83. The Labute approximate surface area is 180 Å². The summed E-state index contributed by atoms with van der Waals surface area (Å²) in [5.41, 5.74) is 4.49. The maximum absolute atomic E-state index is 4.81. The van der Waals surface area contributed by atoms with E-state index in [1.807, 2.05) is 30.8 Å². The lowest BCUT2D eigenvalue weighted by atomic mass is 9.93. The minimum Gasteiger partial charge on any atom is -0.315 e. The number of likely N-dealkylation sites (tertiary alicyclic amines) is 1.